The Hall–Kier alpha value is -2.07. The number of aromatic nitrogens is 1. The smallest absolute Gasteiger partial charge is 0.250 e. The van der Waals surface area contributed by atoms with Gasteiger partial charge in [-0.25, -0.2) is 0 Å². The van der Waals surface area contributed by atoms with Crippen molar-refractivity contribution in [2.24, 2.45) is 5.92 Å². The van der Waals surface area contributed by atoms with Crippen LogP contribution in [0.5, 0.6) is 0 Å². The van der Waals surface area contributed by atoms with E-state index < -0.39 is 0 Å². The van der Waals surface area contributed by atoms with Crippen LogP contribution in [0.15, 0.2) is 47.3 Å². The minimum absolute atomic E-state index is 0.162. The molecule has 4 heteroatoms. The molecule has 2 atom stereocenters. The van der Waals surface area contributed by atoms with E-state index in [0.717, 1.165) is 26.2 Å². The van der Waals surface area contributed by atoms with E-state index in [1.807, 2.05) is 10.6 Å². The third-order valence-corrected chi connectivity index (χ3v) is 5.41. The van der Waals surface area contributed by atoms with Crippen molar-refractivity contribution in [2.75, 3.05) is 32.1 Å². The second-order valence-corrected chi connectivity index (χ2v) is 7.45. The Morgan fingerprint density at radius 3 is 2.58 bits per heavy atom. The first-order valence-corrected chi connectivity index (χ1v) is 8.78. The summed E-state index contributed by atoms with van der Waals surface area (Å²) < 4.78 is 2.00. The van der Waals surface area contributed by atoms with Crippen LogP contribution in [0.3, 0.4) is 0 Å². The second-order valence-electron chi connectivity index (χ2n) is 7.45. The van der Waals surface area contributed by atoms with Crippen molar-refractivity contribution in [2.45, 2.75) is 25.4 Å². The molecule has 2 aromatic rings. The molecule has 1 aromatic carbocycles. The third-order valence-electron chi connectivity index (χ3n) is 5.41. The Morgan fingerprint density at radius 1 is 1.04 bits per heavy atom. The molecule has 4 rings (SSSR count). The molecule has 0 aliphatic carbocycles. The van der Waals surface area contributed by atoms with Gasteiger partial charge in [-0.05, 0) is 36.1 Å². The summed E-state index contributed by atoms with van der Waals surface area (Å²) in [7, 11) is 4.14. The lowest BCUT2D eigenvalue weighted by Crippen LogP contribution is -2.46. The Morgan fingerprint density at radius 2 is 1.83 bits per heavy atom. The van der Waals surface area contributed by atoms with Crippen LogP contribution >= 0.6 is 0 Å². The largest absolute Gasteiger partial charge is 0.378 e. The van der Waals surface area contributed by atoms with Crippen LogP contribution in [0.2, 0.25) is 0 Å². The van der Waals surface area contributed by atoms with E-state index in [9.17, 15) is 4.79 Å². The van der Waals surface area contributed by atoms with Crippen LogP contribution in [-0.2, 0) is 13.1 Å². The van der Waals surface area contributed by atoms with Gasteiger partial charge in [0.15, 0.2) is 0 Å². The minimum Gasteiger partial charge on any atom is -0.378 e. The molecule has 2 aliphatic heterocycles. The molecular formula is C20H25N3O. The summed E-state index contributed by atoms with van der Waals surface area (Å²) in [5.41, 5.74) is 4.00. The molecule has 2 bridgehead atoms. The molecule has 24 heavy (non-hydrogen) atoms. The summed E-state index contributed by atoms with van der Waals surface area (Å²) in [4.78, 5) is 16.8. The highest BCUT2D eigenvalue weighted by Gasteiger charge is 2.34. The van der Waals surface area contributed by atoms with Crippen LogP contribution in [0.1, 0.15) is 23.6 Å². The summed E-state index contributed by atoms with van der Waals surface area (Å²) in [6, 6.07) is 14.6. The fraction of sp³-hybridized carbons (Fsp3) is 0.450. The standard InChI is InChI=1S/C20H25N3O/c1-21(2)18-8-6-15(7-9-18)11-22-12-16-10-17(14-22)19-4-3-5-20(24)23(19)13-16/h3-9,16-17H,10-14H2,1-2H3. The van der Waals surface area contributed by atoms with Gasteiger partial charge in [0.05, 0.1) is 0 Å². The lowest BCUT2D eigenvalue weighted by molar-refractivity contribution is 0.114. The number of likely N-dealkylation sites (tertiary alicyclic amines) is 1. The summed E-state index contributed by atoms with van der Waals surface area (Å²) in [6.07, 6.45) is 1.22. The first kappa shape index (κ1) is 15.5. The number of piperidine rings is 1. The van der Waals surface area contributed by atoms with Gasteiger partial charge in [-0.2, -0.15) is 0 Å². The average molecular weight is 323 g/mol. The van der Waals surface area contributed by atoms with Crippen molar-refractivity contribution in [3.63, 3.8) is 0 Å². The number of hydrogen-bond acceptors (Lipinski definition) is 3. The van der Waals surface area contributed by atoms with E-state index >= 15 is 0 Å². The Balaban J connectivity index is 1.51. The van der Waals surface area contributed by atoms with Crippen molar-refractivity contribution >= 4 is 5.69 Å². The van der Waals surface area contributed by atoms with E-state index in [0.29, 0.717) is 11.8 Å². The third kappa shape index (κ3) is 2.86. The van der Waals surface area contributed by atoms with E-state index in [4.69, 9.17) is 0 Å². The SMILES string of the molecule is CN(C)c1ccc(CN2CC3CC(C2)c2cccc(=O)n2C3)cc1. The molecule has 4 nitrogen and oxygen atoms in total. The van der Waals surface area contributed by atoms with Gasteiger partial charge in [-0.3, -0.25) is 9.69 Å². The molecule has 0 spiro atoms. The molecule has 0 N–H and O–H groups in total. The van der Waals surface area contributed by atoms with E-state index in [1.165, 1.54) is 23.4 Å². The zero-order valence-electron chi connectivity index (χ0n) is 14.5. The highest BCUT2D eigenvalue weighted by molar-refractivity contribution is 5.46. The van der Waals surface area contributed by atoms with Crippen molar-refractivity contribution in [1.29, 1.82) is 0 Å². The maximum Gasteiger partial charge on any atom is 0.250 e. The van der Waals surface area contributed by atoms with Crippen molar-refractivity contribution in [1.82, 2.24) is 9.47 Å². The number of anilines is 1. The Kier molecular flexibility index (Phi) is 3.93. The van der Waals surface area contributed by atoms with Gasteiger partial charge in [0, 0.05) is 63.6 Å². The molecule has 1 saturated heterocycles. The number of benzene rings is 1. The molecule has 2 unspecified atom stereocenters. The average Bonchev–Trinajstić information content (AvgIpc) is 2.56. The quantitative estimate of drug-likeness (QED) is 0.869. The first-order valence-electron chi connectivity index (χ1n) is 8.78. The van der Waals surface area contributed by atoms with Gasteiger partial charge in [0.25, 0.3) is 5.56 Å². The normalized spacial score (nSPS) is 22.9. The van der Waals surface area contributed by atoms with Crippen molar-refractivity contribution in [3.05, 3.63) is 64.1 Å². The van der Waals surface area contributed by atoms with Crippen LogP contribution in [0.4, 0.5) is 5.69 Å². The maximum atomic E-state index is 12.1. The first-order chi connectivity index (χ1) is 11.6. The molecule has 2 aliphatic rings. The van der Waals surface area contributed by atoms with Crippen LogP contribution < -0.4 is 10.5 Å². The van der Waals surface area contributed by atoms with Gasteiger partial charge < -0.3 is 9.47 Å². The summed E-state index contributed by atoms with van der Waals surface area (Å²) in [5, 5.41) is 0. The van der Waals surface area contributed by atoms with Gasteiger partial charge >= 0.3 is 0 Å². The predicted octanol–water partition coefficient (Wildman–Crippen LogP) is 2.53. The minimum atomic E-state index is 0.162. The summed E-state index contributed by atoms with van der Waals surface area (Å²) >= 11 is 0. The Bertz CT molecular complexity index is 778. The number of nitrogens with zero attached hydrogens (tertiary/aromatic N) is 3. The number of pyridine rings is 1. The number of rotatable bonds is 3. The molecule has 3 heterocycles. The number of hydrogen-bond donors (Lipinski definition) is 0. The van der Waals surface area contributed by atoms with Crippen LogP contribution in [0.25, 0.3) is 0 Å². The molecule has 0 saturated carbocycles. The molecule has 0 amide bonds. The van der Waals surface area contributed by atoms with Gasteiger partial charge in [-0.1, -0.05) is 18.2 Å². The lowest BCUT2D eigenvalue weighted by Gasteiger charge is -2.42. The highest BCUT2D eigenvalue weighted by atomic mass is 16.1. The van der Waals surface area contributed by atoms with E-state index in [1.54, 1.807) is 6.07 Å². The highest BCUT2D eigenvalue weighted by Crippen LogP contribution is 2.35. The van der Waals surface area contributed by atoms with E-state index in [2.05, 4.69) is 54.2 Å². The zero-order valence-corrected chi connectivity index (χ0v) is 14.5. The van der Waals surface area contributed by atoms with Crippen molar-refractivity contribution < 1.29 is 0 Å². The van der Waals surface area contributed by atoms with E-state index in [-0.39, 0.29) is 5.56 Å². The molecular weight excluding hydrogens is 298 g/mol. The lowest BCUT2D eigenvalue weighted by atomic mass is 9.83. The van der Waals surface area contributed by atoms with Gasteiger partial charge in [0.2, 0.25) is 0 Å². The monoisotopic (exact) mass is 323 g/mol. The predicted molar refractivity (Wildman–Crippen MR) is 97.6 cm³/mol. The summed E-state index contributed by atoms with van der Waals surface area (Å²) in [6.45, 7) is 4.02. The van der Waals surface area contributed by atoms with Crippen LogP contribution in [-0.4, -0.2) is 36.7 Å². The molecule has 1 fully saturated rings. The van der Waals surface area contributed by atoms with Gasteiger partial charge in [-0.15, -0.1) is 0 Å². The summed E-state index contributed by atoms with van der Waals surface area (Å²) in [5.74, 6) is 1.09. The fourth-order valence-electron chi connectivity index (χ4n) is 4.28. The number of fused-ring (bicyclic) bond motifs is 4. The topological polar surface area (TPSA) is 28.5 Å². The molecule has 0 radical (unpaired) electrons. The molecule has 1 aromatic heterocycles. The zero-order chi connectivity index (χ0) is 16.7. The van der Waals surface area contributed by atoms with Crippen molar-refractivity contribution in [3.8, 4) is 0 Å². The van der Waals surface area contributed by atoms with Gasteiger partial charge in [0.1, 0.15) is 0 Å². The second kappa shape index (κ2) is 6.10. The molecule has 126 valence electrons. The van der Waals surface area contributed by atoms with Crippen LogP contribution in [0, 0.1) is 5.92 Å². The fourth-order valence-corrected chi connectivity index (χ4v) is 4.28. The Labute approximate surface area is 143 Å². The maximum absolute atomic E-state index is 12.1.